The summed E-state index contributed by atoms with van der Waals surface area (Å²) in [4.78, 5) is 12.2. The molecule has 1 amide bonds. The highest BCUT2D eigenvalue weighted by molar-refractivity contribution is 9.10. The third kappa shape index (κ3) is 3.02. The Hall–Kier alpha value is -1.81. The standard InChI is InChI=1S/C16H17BrN2O/c1-9-4-5-12(8-13(9)17)16(20)19-15-7-11(3)10(2)6-14(15)18/h4-8H,18H2,1-3H3,(H,19,20). The Morgan fingerprint density at radius 3 is 2.35 bits per heavy atom. The number of carbonyl (C=O) groups is 1. The highest BCUT2D eigenvalue weighted by atomic mass is 79.9. The molecule has 0 spiro atoms. The minimum Gasteiger partial charge on any atom is -0.397 e. The van der Waals surface area contributed by atoms with E-state index in [1.807, 2.05) is 45.0 Å². The second-order valence-corrected chi connectivity index (χ2v) is 5.80. The molecule has 20 heavy (non-hydrogen) atoms. The minimum absolute atomic E-state index is 0.166. The molecular weight excluding hydrogens is 316 g/mol. The zero-order valence-corrected chi connectivity index (χ0v) is 13.3. The van der Waals surface area contributed by atoms with Gasteiger partial charge in [0.05, 0.1) is 11.4 Å². The largest absolute Gasteiger partial charge is 0.397 e. The highest BCUT2D eigenvalue weighted by Gasteiger charge is 2.10. The Balaban J connectivity index is 2.27. The van der Waals surface area contributed by atoms with Gasteiger partial charge in [0.2, 0.25) is 0 Å². The summed E-state index contributed by atoms with van der Waals surface area (Å²) in [5, 5.41) is 2.86. The van der Waals surface area contributed by atoms with Crippen molar-refractivity contribution < 1.29 is 4.79 Å². The molecule has 3 nitrogen and oxygen atoms in total. The molecular formula is C16H17BrN2O. The Morgan fingerprint density at radius 1 is 1.05 bits per heavy atom. The zero-order chi connectivity index (χ0) is 14.9. The first-order chi connectivity index (χ1) is 9.38. The fourth-order valence-electron chi connectivity index (χ4n) is 1.88. The Bertz CT molecular complexity index is 680. The molecule has 0 bridgehead atoms. The normalized spacial score (nSPS) is 10.4. The number of hydrogen-bond acceptors (Lipinski definition) is 2. The zero-order valence-electron chi connectivity index (χ0n) is 11.8. The first kappa shape index (κ1) is 14.6. The molecule has 4 heteroatoms. The Labute approximate surface area is 127 Å². The summed E-state index contributed by atoms with van der Waals surface area (Å²) in [5.74, 6) is -0.166. The lowest BCUT2D eigenvalue weighted by molar-refractivity contribution is 0.102. The minimum atomic E-state index is -0.166. The highest BCUT2D eigenvalue weighted by Crippen LogP contribution is 2.24. The fourth-order valence-corrected chi connectivity index (χ4v) is 2.25. The van der Waals surface area contributed by atoms with Crippen LogP contribution in [-0.2, 0) is 0 Å². The van der Waals surface area contributed by atoms with E-state index < -0.39 is 0 Å². The van der Waals surface area contributed by atoms with Gasteiger partial charge in [-0.25, -0.2) is 0 Å². The van der Waals surface area contributed by atoms with Crippen LogP contribution >= 0.6 is 15.9 Å². The van der Waals surface area contributed by atoms with E-state index in [0.717, 1.165) is 21.2 Å². The van der Waals surface area contributed by atoms with Crippen LogP contribution in [0.4, 0.5) is 11.4 Å². The molecule has 0 aliphatic rings. The van der Waals surface area contributed by atoms with E-state index in [1.54, 1.807) is 6.07 Å². The van der Waals surface area contributed by atoms with Crippen LogP contribution in [0.1, 0.15) is 27.0 Å². The van der Waals surface area contributed by atoms with Crippen molar-refractivity contribution in [2.45, 2.75) is 20.8 Å². The van der Waals surface area contributed by atoms with Gasteiger partial charge in [0.1, 0.15) is 0 Å². The van der Waals surface area contributed by atoms with E-state index >= 15 is 0 Å². The molecule has 0 fully saturated rings. The predicted molar refractivity (Wildman–Crippen MR) is 87.2 cm³/mol. The van der Waals surface area contributed by atoms with Crippen LogP contribution in [-0.4, -0.2) is 5.91 Å². The van der Waals surface area contributed by atoms with Crippen LogP contribution in [0.3, 0.4) is 0 Å². The van der Waals surface area contributed by atoms with Crippen molar-refractivity contribution in [2.24, 2.45) is 0 Å². The molecule has 0 aromatic heterocycles. The fraction of sp³-hybridized carbons (Fsp3) is 0.188. The van der Waals surface area contributed by atoms with Gasteiger partial charge >= 0.3 is 0 Å². The average Bonchev–Trinajstić information content (AvgIpc) is 2.39. The first-order valence-corrected chi connectivity index (χ1v) is 7.12. The van der Waals surface area contributed by atoms with E-state index in [9.17, 15) is 4.79 Å². The molecule has 0 aliphatic heterocycles. The molecule has 0 atom stereocenters. The summed E-state index contributed by atoms with van der Waals surface area (Å²) in [6.07, 6.45) is 0. The van der Waals surface area contributed by atoms with Gasteiger partial charge < -0.3 is 11.1 Å². The van der Waals surface area contributed by atoms with Crippen LogP contribution in [0, 0.1) is 20.8 Å². The molecule has 0 aliphatic carbocycles. The summed E-state index contributed by atoms with van der Waals surface area (Å²) in [5.41, 5.74) is 11.1. The van der Waals surface area contributed by atoms with Gasteiger partial charge in [-0.15, -0.1) is 0 Å². The number of aryl methyl sites for hydroxylation is 3. The number of anilines is 2. The van der Waals surface area contributed by atoms with Gasteiger partial charge in [0.25, 0.3) is 5.91 Å². The third-order valence-electron chi connectivity index (χ3n) is 3.35. The lowest BCUT2D eigenvalue weighted by Gasteiger charge is -2.11. The van der Waals surface area contributed by atoms with Gasteiger partial charge in [-0.2, -0.15) is 0 Å². The van der Waals surface area contributed by atoms with Crippen molar-refractivity contribution in [1.82, 2.24) is 0 Å². The first-order valence-electron chi connectivity index (χ1n) is 6.32. The van der Waals surface area contributed by atoms with Crippen molar-refractivity contribution in [3.05, 3.63) is 57.1 Å². The number of halogens is 1. The lowest BCUT2D eigenvalue weighted by Crippen LogP contribution is -2.13. The van der Waals surface area contributed by atoms with Gasteiger partial charge in [-0.3, -0.25) is 4.79 Å². The molecule has 0 unspecified atom stereocenters. The monoisotopic (exact) mass is 332 g/mol. The average molecular weight is 333 g/mol. The quantitative estimate of drug-likeness (QED) is 0.809. The van der Waals surface area contributed by atoms with Crippen LogP contribution in [0.5, 0.6) is 0 Å². The molecule has 2 aromatic rings. The molecule has 0 saturated heterocycles. The number of carbonyl (C=O) groups excluding carboxylic acids is 1. The van der Waals surface area contributed by atoms with Crippen LogP contribution in [0.25, 0.3) is 0 Å². The van der Waals surface area contributed by atoms with E-state index in [0.29, 0.717) is 16.9 Å². The van der Waals surface area contributed by atoms with Crippen molar-refractivity contribution >= 4 is 33.2 Å². The lowest BCUT2D eigenvalue weighted by atomic mass is 10.1. The summed E-state index contributed by atoms with van der Waals surface area (Å²) >= 11 is 3.43. The van der Waals surface area contributed by atoms with E-state index in [4.69, 9.17) is 5.73 Å². The molecule has 0 saturated carbocycles. The number of amides is 1. The van der Waals surface area contributed by atoms with Crippen molar-refractivity contribution in [3.63, 3.8) is 0 Å². The molecule has 0 radical (unpaired) electrons. The number of rotatable bonds is 2. The van der Waals surface area contributed by atoms with E-state index in [-0.39, 0.29) is 5.91 Å². The molecule has 0 heterocycles. The smallest absolute Gasteiger partial charge is 0.255 e. The number of nitrogen functional groups attached to an aromatic ring is 1. The molecule has 2 aromatic carbocycles. The summed E-state index contributed by atoms with van der Waals surface area (Å²) in [7, 11) is 0. The van der Waals surface area contributed by atoms with Gasteiger partial charge in [-0.1, -0.05) is 22.0 Å². The van der Waals surface area contributed by atoms with Crippen molar-refractivity contribution in [2.75, 3.05) is 11.1 Å². The van der Waals surface area contributed by atoms with Crippen LogP contribution < -0.4 is 11.1 Å². The van der Waals surface area contributed by atoms with Crippen molar-refractivity contribution in [3.8, 4) is 0 Å². The molecule has 2 rings (SSSR count). The SMILES string of the molecule is Cc1cc(N)c(NC(=O)c2ccc(C)c(Br)c2)cc1C. The predicted octanol–water partition coefficient (Wildman–Crippen LogP) is 4.21. The van der Waals surface area contributed by atoms with Crippen LogP contribution in [0.15, 0.2) is 34.8 Å². The number of nitrogens with one attached hydrogen (secondary N) is 1. The van der Waals surface area contributed by atoms with Crippen LogP contribution in [0.2, 0.25) is 0 Å². The van der Waals surface area contributed by atoms with Gasteiger partial charge in [0, 0.05) is 10.0 Å². The topological polar surface area (TPSA) is 55.1 Å². The summed E-state index contributed by atoms with van der Waals surface area (Å²) < 4.78 is 0.915. The maximum atomic E-state index is 12.2. The number of benzene rings is 2. The maximum Gasteiger partial charge on any atom is 0.255 e. The van der Waals surface area contributed by atoms with Gasteiger partial charge in [-0.05, 0) is 61.7 Å². The van der Waals surface area contributed by atoms with Gasteiger partial charge in [0.15, 0.2) is 0 Å². The maximum absolute atomic E-state index is 12.2. The number of hydrogen-bond donors (Lipinski definition) is 2. The molecule has 104 valence electrons. The molecule has 3 N–H and O–H groups in total. The second-order valence-electron chi connectivity index (χ2n) is 4.94. The Kier molecular flexibility index (Phi) is 4.14. The number of nitrogens with two attached hydrogens (primary N) is 1. The van der Waals surface area contributed by atoms with Crippen molar-refractivity contribution in [1.29, 1.82) is 0 Å². The van der Waals surface area contributed by atoms with E-state index in [1.165, 1.54) is 0 Å². The third-order valence-corrected chi connectivity index (χ3v) is 4.20. The van der Waals surface area contributed by atoms with E-state index in [2.05, 4.69) is 21.2 Å². The summed E-state index contributed by atoms with van der Waals surface area (Å²) in [6, 6.07) is 9.28. The Morgan fingerprint density at radius 2 is 1.70 bits per heavy atom. The second kappa shape index (κ2) is 5.67. The summed E-state index contributed by atoms with van der Waals surface area (Å²) in [6.45, 7) is 5.97.